The lowest BCUT2D eigenvalue weighted by molar-refractivity contribution is -0.137. The summed E-state index contributed by atoms with van der Waals surface area (Å²) in [7, 11) is 0. The average molecular weight is 279 g/mol. The molecule has 4 nitrogen and oxygen atoms in total. The van der Waals surface area contributed by atoms with E-state index >= 15 is 0 Å². The summed E-state index contributed by atoms with van der Waals surface area (Å²) < 4.78 is 2.00. The number of pyridine rings is 1. The van der Waals surface area contributed by atoms with Gasteiger partial charge in [0.1, 0.15) is 6.54 Å². The predicted molar refractivity (Wildman–Crippen MR) is 51.1 cm³/mol. The summed E-state index contributed by atoms with van der Waals surface area (Å²) in [6, 6.07) is 2.99. The van der Waals surface area contributed by atoms with Crippen molar-refractivity contribution < 1.29 is 9.90 Å². The lowest BCUT2D eigenvalue weighted by Gasteiger charge is -2.00. The Kier molecular flexibility index (Phi) is 2.85. The summed E-state index contributed by atoms with van der Waals surface area (Å²) >= 11 is 2.02. The van der Waals surface area contributed by atoms with Gasteiger partial charge >= 0.3 is 5.97 Å². The molecule has 1 heterocycles. The number of carboxylic acids is 1. The average Bonchev–Trinajstić information content (AvgIpc) is 1.96. The molecule has 1 N–H and O–H groups in total. The number of halogens is 1. The third-order valence-electron chi connectivity index (χ3n) is 1.25. The Balaban J connectivity index is 3.06. The van der Waals surface area contributed by atoms with Crippen LogP contribution in [0.3, 0.4) is 0 Å². The Morgan fingerprint density at radius 3 is 2.83 bits per heavy atom. The number of aromatic nitrogens is 1. The van der Waals surface area contributed by atoms with Crippen molar-refractivity contribution in [2.75, 3.05) is 0 Å². The summed E-state index contributed by atoms with van der Waals surface area (Å²) in [5, 5.41) is 8.42. The fourth-order valence-corrected chi connectivity index (χ4v) is 1.29. The maximum atomic E-state index is 11.0. The topological polar surface area (TPSA) is 59.3 Å². The zero-order valence-electron chi connectivity index (χ0n) is 6.03. The van der Waals surface area contributed by atoms with Crippen molar-refractivity contribution in [2.24, 2.45) is 0 Å². The van der Waals surface area contributed by atoms with Gasteiger partial charge in [-0.3, -0.25) is 9.59 Å². The first-order chi connectivity index (χ1) is 5.59. The van der Waals surface area contributed by atoms with Crippen LogP contribution in [0.15, 0.2) is 23.1 Å². The van der Waals surface area contributed by atoms with Crippen LogP contribution in [0.4, 0.5) is 0 Å². The van der Waals surface area contributed by atoms with E-state index in [1.54, 1.807) is 6.07 Å². The van der Waals surface area contributed by atoms with E-state index in [4.69, 9.17) is 5.11 Å². The largest absolute Gasteiger partial charge is 0.480 e. The van der Waals surface area contributed by atoms with Crippen LogP contribution in [0.2, 0.25) is 0 Å². The molecule has 0 aromatic carbocycles. The number of carboxylic acid groups (broad SMARTS) is 1. The molecule has 1 aromatic rings. The van der Waals surface area contributed by atoms with Crippen LogP contribution >= 0.6 is 22.6 Å². The Labute approximate surface area is 82.0 Å². The highest BCUT2D eigenvalue weighted by Crippen LogP contribution is 1.99. The highest BCUT2D eigenvalue weighted by molar-refractivity contribution is 14.1. The second-order valence-electron chi connectivity index (χ2n) is 2.21. The lowest BCUT2D eigenvalue weighted by Crippen LogP contribution is -2.22. The first kappa shape index (κ1) is 9.24. The van der Waals surface area contributed by atoms with Crippen LogP contribution in [0, 0.1) is 3.57 Å². The SMILES string of the molecule is O=C(O)Cn1cc(I)ccc1=O. The molecule has 0 aliphatic rings. The lowest BCUT2D eigenvalue weighted by atomic mass is 10.4. The third-order valence-corrected chi connectivity index (χ3v) is 1.89. The van der Waals surface area contributed by atoms with E-state index in [1.807, 2.05) is 22.6 Å². The molecule has 0 amide bonds. The molecule has 64 valence electrons. The molecule has 1 rings (SSSR count). The standard InChI is InChI=1S/C7H6INO3/c8-5-1-2-6(10)9(3-5)4-7(11)12/h1-3H,4H2,(H,11,12). The zero-order valence-corrected chi connectivity index (χ0v) is 8.19. The maximum absolute atomic E-state index is 11.0. The zero-order chi connectivity index (χ0) is 9.14. The van der Waals surface area contributed by atoms with Crippen LogP contribution in [0.25, 0.3) is 0 Å². The normalized spacial score (nSPS) is 9.75. The van der Waals surface area contributed by atoms with Gasteiger partial charge in [0.05, 0.1) is 0 Å². The van der Waals surface area contributed by atoms with Gasteiger partial charge in [-0.15, -0.1) is 0 Å². The minimum Gasteiger partial charge on any atom is -0.480 e. The molecule has 12 heavy (non-hydrogen) atoms. The second-order valence-corrected chi connectivity index (χ2v) is 3.45. The first-order valence-corrected chi connectivity index (χ1v) is 4.25. The molecule has 0 fully saturated rings. The van der Waals surface area contributed by atoms with Crippen molar-refractivity contribution >= 4 is 28.6 Å². The van der Waals surface area contributed by atoms with Gasteiger partial charge in [-0.05, 0) is 28.7 Å². The van der Waals surface area contributed by atoms with Crippen LogP contribution in [-0.4, -0.2) is 15.6 Å². The molecule has 0 unspecified atom stereocenters. The molecule has 0 spiro atoms. The summed E-state index contributed by atoms with van der Waals surface area (Å²) in [5.74, 6) is -1.01. The number of hydrogen-bond donors (Lipinski definition) is 1. The van der Waals surface area contributed by atoms with Crippen molar-refractivity contribution in [3.8, 4) is 0 Å². The van der Waals surface area contributed by atoms with Gasteiger partial charge in [0.2, 0.25) is 0 Å². The molecule has 1 aromatic heterocycles. The molecule has 0 saturated heterocycles. The van der Waals surface area contributed by atoms with E-state index in [0.717, 1.165) is 8.14 Å². The second kappa shape index (κ2) is 3.70. The van der Waals surface area contributed by atoms with Gasteiger partial charge in [0.25, 0.3) is 5.56 Å². The Morgan fingerprint density at radius 1 is 1.58 bits per heavy atom. The number of nitrogens with zero attached hydrogens (tertiary/aromatic N) is 1. The monoisotopic (exact) mass is 279 g/mol. The number of hydrogen-bond acceptors (Lipinski definition) is 2. The summed E-state index contributed by atoms with van der Waals surface area (Å²) in [6.07, 6.45) is 1.51. The minimum atomic E-state index is -1.01. The molecule has 0 saturated carbocycles. The van der Waals surface area contributed by atoms with E-state index in [-0.39, 0.29) is 12.1 Å². The minimum absolute atomic E-state index is 0.282. The van der Waals surface area contributed by atoms with Crippen LogP contribution < -0.4 is 5.56 Å². The van der Waals surface area contributed by atoms with E-state index in [2.05, 4.69) is 0 Å². The van der Waals surface area contributed by atoms with Gasteiger partial charge in [-0.25, -0.2) is 0 Å². The van der Waals surface area contributed by atoms with Gasteiger partial charge in [-0.1, -0.05) is 0 Å². The maximum Gasteiger partial charge on any atom is 0.323 e. The molecular formula is C7H6INO3. The first-order valence-electron chi connectivity index (χ1n) is 3.17. The molecule has 0 atom stereocenters. The Bertz CT molecular complexity index is 358. The molecule has 5 heteroatoms. The van der Waals surface area contributed by atoms with E-state index < -0.39 is 5.97 Å². The summed E-state index contributed by atoms with van der Waals surface area (Å²) in [4.78, 5) is 21.3. The van der Waals surface area contributed by atoms with Crippen LogP contribution in [0.1, 0.15) is 0 Å². The highest BCUT2D eigenvalue weighted by Gasteiger charge is 2.00. The summed E-state index contributed by atoms with van der Waals surface area (Å²) in [6.45, 7) is -0.282. The molecular weight excluding hydrogens is 273 g/mol. The molecule has 0 aliphatic carbocycles. The third kappa shape index (κ3) is 2.33. The van der Waals surface area contributed by atoms with Crippen LogP contribution in [0.5, 0.6) is 0 Å². The quantitative estimate of drug-likeness (QED) is 0.804. The Hall–Kier alpha value is -0.850. The number of aliphatic carboxylic acids is 1. The number of rotatable bonds is 2. The van der Waals surface area contributed by atoms with Crippen molar-refractivity contribution in [3.05, 3.63) is 32.3 Å². The highest BCUT2D eigenvalue weighted by atomic mass is 127. The fourth-order valence-electron chi connectivity index (χ4n) is 0.771. The van der Waals surface area contributed by atoms with Crippen molar-refractivity contribution in [2.45, 2.75) is 6.54 Å². The fraction of sp³-hybridized carbons (Fsp3) is 0.143. The molecule has 0 radical (unpaired) electrons. The van der Waals surface area contributed by atoms with E-state index in [1.165, 1.54) is 12.3 Å². The molecule has 0 bridgehead atoms. The molecule has 0 aliphatic heterocycles. The number of carbonyl (C=O) groups is 1. The van der Waals surface area contributed by atoms with Crippen molar-refractivity contribution in [3.63, 3.8) is 0 Å². The van der Waals surface area contributed by atoms with Crippen molar-refractivity contribution in [1.82, 2.24) is 4.57 Å². The van der Waals surface area contributed by atoms with Crippen molar-refractivity contribution in [1.29, 1.82) is 0 Å². The summed E-state index contributed by atoms with van der Waals surface area (Å²) in [5.41, 5.74) is -0.294. The smallest absolute Gasteiger partial charge is 0.323 e. The van der Waals surface area contributed by atoms with Gasteiger partial charge < -0.3 is 9.67 Å². The van der Waals surface area contributed by atoms with E-state index in [9.17, 15) is 9.59 Å². The van der Waals surface area contributed by atoms with Crippen LogP contribution in [-0.2, 0) is 11.3 Å². The van der Waals surface area contributed by atoms with E-state index in [0.29, 0.717) is 0 Å². The predicted octanol–water partition coefficient (Wildman–Crippen LogP) is 0.538. The van der Waals surface area contributed by atoms with Gasteiger partial charge in [0.15, 0.2) is 0 Å². The Morgan fingerprint density at radius 2 is 2.25 bits per heavy atom. The van der Waals surface area contributed by atoms with Gasteiger partial charge in [0, 0.05) is 15.8 Å². The van der Waals surface area contributed by atoms with Gasteiger partial charge in [-0.2, -0.15) is 0 Å².